The third-order valence-electron chi connectivity index (χ3n) is 1.94. The minimum absolute atomic E-state index is 0.141. The number of nitrogens with one attached hydrogen (secondary N) is 1. The highest BCUT2D eigenvalue weighted by Crippen LogP contribution is 2.12. The van der Waals surface area contributed by atoms with Gasteiger partial charge in [-0.25, -0.2) is 0 Å². The molecule has 1 aromatic rings. The monoisotopic (exact) mass is 227 g/mol. The first-order chi connectivity index (χ1) is 7.15. The zero-order valence-electron chi connectivity index (χ0n) is 8.70. The van der Waals surface area contributed by atoms with Gasteiger partial charge in [0.25, 0.3) is 5.91 Å². The highest BCUT2D eigenvalue weighted by molar-refractivity contribution is 7.08. The van der Waals surface area contributed by atoms with E-state index in [1.165, 1.54) is 18.4 Å². The lowest BCUT2D eigenvalue weighted by molar-refractivity contribution is -0.140. The normalized spacial score (nSPS) is 9.73. The summed E-state index contributed by atoms with van der Waals surface area (Å²) in [6.45, 7) is 2.19. The van der Waals surface area contributed by atoms with Gasteiger partial charge in [-0.05, 0) is 17.9 Å². The van der Waals surface area contributed by atoms with Gasteiger partial charge >= 0.3 is 5.97 Å². The van der Waals surface area contributed by atoms with Crippen LogP contribution in [0.1, 0.15) is 22.3 Å². The van der Waals surface area contributed by atoms with Gasteiger partial charge in [0.05, 0.1) is 19.1 Å². The largest absolute Gasteiger partial charge is 0.469 e. The lowest BCUT2D eigenvalue weighted by Crippen LogP contribution is -2.26. The van der Waals surface area contributed by atoms with E-state index in [1.807, 2.05) is 12.3 Å². The summed E-state index contributed by atoms with van der Waals surface area (Å²) in [5.74, 6) is -0.463. The van der Waals surface area contributed by atoms with Gasteiger partial charge in [0.15, 0.2) is 0 Å². The average molecular weight is 227 g/mol. The fraction of sp³-hybridized carbons (Fsp3) is 0.400. The van der Waals surface area contributed by atoms with Crippen LogP contribution >= 0.6 is 11.3 Å². The molecule has 1 amide bonds. The number of carbonyl (C=O) groups excluding carboxylic acids is 2. The summed E-state index contributed by atoms with van der Waals surface area (Å²) in [6, 6.07) is 0. The average Bonchev–Trinajstić information content (AvgIpc) is 2.64. The van der Waals surface area contributed by atoms with E-state index >= 15 is 0 Å². The summed E-state index contributed by atoms with van der Waals surface area (Å²) in [4.78, 5) is 22.3. The Kier molecular flexibility index (Phi) is 4.30. The molecule has 1 aromatic heterocycles. The number of carbonyl (C=O) groups is 2. The summed E-state index contributed by atoms with van der Waals surface area (Å²) in [5, 5.41) is 6.36. The number of methoxy groups -OCH3 is 1. The van der Waals surface area contributed by atoms with Gasteiger partial charge in [0.1, 0.15) is 0 Å². The van der Waals surface area contributed by atoms with Crippen molar-refractivity contribution >= 4 is 23.2 Å². The van der Waals surface area contributed by atoms with Gasteiger partial charge in [0, 0.05) is 11.9 Å². The fourth-order valence-electron chi connectivity index (χ4n) is 1.07. The van der Waals surface area contributed by atoms with Gasteiger partial charge in [-0.1, -0.05) is 0 Å². The van der Waals surface area contributed by atoms with Crippen LogP contribution in [0.5, 0.6) is 0 Å². The molecule has 1 rings (SSSR count). The van der Waals surface area contributed by atoms with E-state index in [0.717, 1.165) is 5.56 Å². The molecule has 1 N–H and O–H groups in total. The molecular formula is C10H13NO3S. The van der Waals surface area contributed by atoms with E-state index in [9.17, 15) is 9.59 Å². The van der Waals surface area contributed by atoms with Crippen molar-refractivity contribution in [2.75, 3.05) is 13.7 Å². The maximum atomic E-state index is 11.5. The van der Waals surface area contributed by atoms with Crippen LogP contribution in [-0.4, -0.2) is 25.5 Å². The summed E-state index contributed by atoms with van der Waals surface area (Å²) in [6.07, 6.45) is 0.200. The molecule has 1 heterocycles. The Balaban J connectivity index is 2.38. The second kappa shape index (κ2) is 5.50. The second-order valence-electron chi connectivity index (χ2n) is 3.05. The first-order valence-corrected chi connectivity index (χ1v) is 5.47. The molecule has 0 aliphatic heterocycles. The predicted octanol–water partition coefficient (Wildman–Crippen LogP) is 1.35. The number of aryl methyl sites for hydroxylation is 1. The first-order valence-electron chi connectivity index (χ1n) is 4.53. The minimum Gasteiger partial charge on any atom is -0.469 e. The molecule has 5 heteroatoms. The molecule has 0 bridgehead atoms. The van der Waals surface area contributed by atoms with Crippen LogP contribution in [0.4, 0.5) is 0 Å². The SMILES string of the molecule is COC(=O)CCNC(=O)c1cscc1C. The molecular weight excluding hydrogens is 214 g/mol. The van der Waals surface area contributed by atoms with Crippen LogP contribution in [0.2, 0.25) is 0 Å². The standard InChI is InChI=1S/C10H13NO3S/c1-7-5-15-6-8(7)10(13)11-4-3-9(12)14-2/h5-6H,3-4H2,1-2H3,(H,11,13). The molecule has 0 radical (unpaired) electrons. The van der Waals surface area contributed by atoms with E-state index in [0.29, 0.717) is 12.1 Å². The van der Waals surface area contributed by atoms with Crippen molar-refractivity contribution in [3.05, 3.63) is 21.9 Å². The van der Waals surface area contributed by atoms with E-state index < -0.39 is 0 Å². The number of hydrogen-bond acceptors (Lipinski definition) is 4. The van der Waals surface area contributed by atoms with Crippen molar-refractivity contribution in [1.29, 1.82) is 0 Å². The molecule has 0 aliphatic rings. The highest BCUT2D eigenvalue weighted by atomic mass is 32.1. The predicted molar refractivity (Wildman–Crippen MR) is 58.0 cm³/mol. The number of rotatable bonds is 4. The van der Waals surface area contributed by atoms with Crippen LogP contribution in [0.15, 0.2) is 10.8 Å². The van der Waals surface area contributed by atoms with Gasteiger partial charge in [0.2, 0.25) is 0 Å². The van der Waals surface area contributed by atoms with E-state index in [1.54, 1.807) is 5.38 Å². The Morgan fingerprint density at radius 2 is 2.20 bits per heavy atom. The second-order valence-corrected chi connectivity index (χ2v) is 3.79. The molecule has 0 saturated carbocycles. The molecule has 0 atom stereocenters. The summed E-state index contributed by atoms with van der Waals surface area (Å²) < 4.78 is 4.46. The molecule has 0 spiro atoms. The van der Waals surface area contributed by atoms with E-state index in [4.69, 9.17) is 0 Å². The Labute approximate surface area is 92.2 Å². The topological polar surface area (TPSA) is 55.4 Å². The minimum atomic E-state index is -0.322. The zero-order valence-corrected chi connectivity index (χ0v) is 9.52. The summed E-state index contributed by atoms with van der Waals surface area (Å²) >= 11 is 1.49. The van der Waals surface area contributed by atoms with Crippen molar-refractivity contribution in [3.63, 3.8) is 0 Å². The number of hydrogen-bond donors (Lipinski definition) is 1. The van der Waals surface area contributed by atoms with Crippen molar-refractivity contribution in [2.24, 2.45) is 0 Å². The third kappa shape index (κ3) is 3.36. The number of thiophene rings is 1. The smallest absolute Gasteiger partial charge is 0.307 e. The summed E-state index contributed by atoms with van der Waals surface area (Å²) in [7, 11) is 1.33. The van der Waals surface area contributed by atoms with Crippen LogP contribution in [0.25, 0.3) is 0 Å². The fourth-order valence-corrected chi connectivity index (χ4v) is 1.90. The Morgan fingerprint density at radius 1 is 1.47 bits per heavy atom. The number of esters is 1. The molecule has 4 nitrogen and oxygen atoms in total. The Morgan fingerprint density at radius 3 is 2.73 bits per heavy atom. The van der Waals surface area contributed by atoms with E-state index in [-0.39, 0.29) is 18.3 Å². The molecule has 0 aromatic carbocycles. The Bertz CT molecular complexity index is 359. The van der Waals surface area contributed by atoms with Crippen molar-refractivity contribution < 1.29 is 14.3 Å². The van der Waals surface area contributed by atoms with Gasteiger partial charge in [-0.15, -0.1) is 0 Å². The molecule has 0 aliphatic carbocycles. The van der Waals surface area contributed by atoms with Crippen LogP contribution in [0.3, 0.4) is 0 Å². The van der Waals surface area contributed by atoms with Crippen LogP contribution in [0, 0.1) is 6.92 Å². The third-order valence-corrected chi connectivity index (χ3v) is 2.80. The van der Waals surface area contributed by atoms with Crippen molar-refractivity contribution in [1.82, 2.24) is 5.32 Å². The Hall–Kier alpha value is -1.36. The van der Waals surface area contributed by atoms with Crippen LogP contribution in [-0.2, 0) is 9.53 Å². The highest BCUT2D eigenvalue weighted by Gasteiger charge is 2.09. The van der Waals surface area contributed by atoms with Crippen molar-refractivity contribution in [2.45, 2.75) is 13.3 Å². The molecule has 82 valence electrons. The lowest BCUT2D eigenvalue weighted by Gasteiger charge is -2.03. The summed E-state index contributed by atoms with van der Waals surface area (Å²) in [5.41, 5.74) is 1.63. The number of ether oxygens (including phenoxy) is 1. The maximum absolute atomic E-state index is 11.5. The first kappa shape index (κ1) is 11.7. The van der Waals surface area contributed by atoms with Gasteiger partial charge < -0.3 is 10.1 Å². The van der Waals surface area contributed by atoms with Crippen molar-refractivity contribution in [3.8, 4) is 0 Å². The number of amides is 1. The van der Waals surface area contributed by atoms with Gasteiger partial charge in [-0.3, -0.25) is 9.59 Å². The lowest BCUT2D eigenvalue weighted by atomic mass is 10.2. The molecule has 0 fully saturated rings. The zero-order chi connectivity index (χ0) is 11.3. The molecule has 0 saturated heterocycles. The maximum Gasteiger partial charge on any atom is 0.307 e. The quantitative estimate of drug-likeness (QED) is 0.790. The molecule has 15 heavy (non-hydrogen) atoms. The molecule has 0 unspecified atom stereocenters. The van der Waals surface area contributed by atoms with E-state index in [2.05, 4.69) is 10.1 Å². The van der Waals surface area contributed by atoms with Gasteiger partial charge in [-0.2, -0.15) is 11.3 Å². The van der Waals surface area contributed by atoms with Crippen LogP contribution < -0.4 is 5.32 Å².